The van der Waals surface area contributed by atoms with Crippen LogP contribution in [-0.4, -0.2) is 0 Å². The highest BCUT2D eigenvalue weighted by molar-refractivity contribution is 7.13. The van der Waals surface area contributed by atoms with Crippen molar-refractivity contribution in [3.05, 3.63) is 172 Å². The van der Waals surface area contributed by atoms with Gasteiger partial charge in [0.1, 0.15) is 0 Å². The average Bonchev–Trinajstić information content (AvgIpc) is 4.04. The molecule has 10 rings (SSSR count). The van der Waals surface area contributed by atoms with Crippen molar-refractivity contribution in [2.75, 3.05) is 4.90 Å². The van der Waals surface area contributed by atoms with Crippen molar-refractivity contribution in [2.24, 2.45) is 0 Å². The monoisotopic (exact) mass is 759 g/mol. The van der Waals surface area contributed by atoms with Gasteiger partial charge in [0.05, 0.1) is 0 Å². The van der Waals surface area contributed by atoms with Crippen LogP contribution in [0.2, 0.25) is 0 Å². The lowest BCUT2D eigenvalue weighted by Gasteiger charge is -2.37. The van der Waals surface area contributed by atoms with Crippen LogP contribution >= 0.6 is 11.3 Å². The van der Waals surface area contributed by atoms with E-state index in [9.17, 15) is 0 Å². The summed E-state index contributed by atoms with van der Waals surface area (Å²) < 4.78 is 0. The first-order chi connectivity index (χ1) is 28.0. The summed E-state index contributed by atoms with van der Waals surface area (Å²) in [5, 5.41) is 2.22. The molecule has 6 aromatic carbocycles. The van der Waals surface area contributed by atoms with Gasteiger partial charge in [-0.25, -0.2) is 0 Å². The van der Waals surface area contributed by atoms with E-state index in [1.165, 1.54) is 66.4 Å². The molecule has 0 aliphatic heterocycles. The van der Waals surface area contributed by atoms with Gasteiger partial charge in [-0.15, -0.1) is 11.3 Å². The molecule has 0 fully saturated rings. The first-order valence-corrected chi connectivity index (χ1v) is 22.4. The molecule has 0 saturated heterocycles. The van der Waals surface area contributed by atoms with E-state index < -0.39 is 0 Å². The zero-order valence-corrected chi connectivity index (χ0v) is 35.2. The number of para-hydroxylation sites is 2. The zero-order chi connectivity index (χ0) is 39.1. The fraction of sp³-hybridized carbons (Fsp3) is 0.273. The molecule has 0 radical (unpaired) electrons. The first kappa shape index (κ1) is 36.2. The summed E-state index contributed by atoms with van der Waals surface area (Å²) in [6.45, 7) is 14.8. The SMILES string of the molecule is CCC1(CC)c2ccccc2-c2c1c1c(c3c2C(CC)(CC)c2cc(-c4cccs4)ccc2-3)C(CC)(CC)c2cc(N(c3ccccc3)c3ccccc3)ccc2-1. The third kappa shape index (κ3) is 4.68. The highest BCUT2D eigenvalue weighted by Crippen LogP contribution is 2.70. The van der Waals surface area contributed by atoms with E-state index in [0.717, 1.165) is 38.5 Å². The van der Waals surface area contributed by atoms with Gasteiger partial charge in [-0.2, -0.15) is 0 Å². The third-order valence-electron chi connectivity index (χ3n) is 15.0. The van der Waals surface area contributed by atoms with Crippen molar-refractivity contribution < 1.29 is 0 Å². The van der Waals surface area contributed by atoms with Crippen LogP contribution in [0.4, 0.5) is 17.1 Å². The Bertz CT molecular complexity index is 2600. The fourth-order valence-electron chi connectivity index (χ4n) is 12.1. The van der Waals surface area contributed by atoms with E-state index in [-0.39, 0.29) is 16.2 Å². The van der Waals surface area contributed by atoms with E-state index in [1.54, 1.807) is 27.8 Å². The molecule has 0 atom stereocenters. The number of fused-ring (bicyclic) bond motifs is 12. The van der Waals surface area contributed by atoms with E-state index in [0.29, 0.717) is 0 Å². The van der Waals surface area contributed by atoms with Crippen LogP contribution in [0.5, 0.6) is 0 Å². The molecule has 284 valence electrons. The van der Waals surface area contributed by atoms with Crippen LogP contribution in [0, 0.1) is 0 Å². The highest BCUT2D eigenvalue weighted by Gasteiger charge is 2.56. The summed E-state index contributed by atoms with van der Waals surface area (Å²) in [5.41, 5.74) is 23.0. The molecule has 1 nitrogen and oxygen atoms in total. The number of hydrogen-bond acceptors (Lipinski definition) is 2. The number of benzene rings is 6. The van der Waals surface area contributed by atoms with E-state index >= 15 is 0 Å². The van der Waals surface area contributed by atoms with Gasteiger partial charge in [0.15, 0.2) is 0 Å². The summed E-state index contributed by atoms with van der Waals surface area (Å²) in [5.74, 6) is 0. The van der Waals surface area contributed by atoms with Gasteiger partial charge in [-0.1, -0.05) is 126 Å². The Morgan fingerprint density at radius 1 is 0.404 bits per heavy atom. The van der Waals surface area contributed by atoms with E-state index in [1.807, 2.05) is 11.3 Å². The molecule has 2 heteroatoms. The maximum absolute atomic E-state index is 2.60. The molecule has 0 bridgehead atoms. The zero-order valence-electron chi connectivity index (χ0n) is 34.4. The lowest BCUT2D eigenvalue weighted by molar-refractivity contribution is 0.473. The van der Waals surface area contributed by atoms with Crippen LogP contribution in [0.3, 0.4) is 0 Å². The minimum absolute atomic E-state index is 0.0667. The van der Waals surface area contributed by atoms with Crippen LogP contribution < -0.4 is 4.90 Å². The van der Waals surface area contributed by atoms with Gasteiger partial charge in [0, 0.05) is 38.2 Å². The summed E-state index contributed by atoms with van der Waals surface area (Å²) in [4.78, 5) is 3.80. The molecule has 3 aliphatic carbocycles. The summed E-state index contributed by atoms with van der Waals surface area (Å²) in [7, 11) is 0. The molecule has 0 amide bonds. The summed E-state index contributed by atoms with van der Waals surface area (Å²) in [6, 6.07) is 50.9. The van der Waals surface area contributed by atoms with Gasteiger partial charge in [0.25, 0.3) is 0 Å². The Balaban J connectivity index is 1.36. The predicted molar refractivity (Wildman–Crippen MR) is 245 cm³/mol. The van der Waals surface area contributed by atoms with E-state index in [4.69, 9.17) is 0 Å². The Hall–Kier alpha value is -5.18. The minimum atomic E-state index is -0.151. The van der Waals surface area contributed by atoms with Crippen LogP contribution in [0.25, 0.3) is 43.8 Å². The Morgan fingerprint density at radius 2 is 0.860 bits per heavy atom. The van der Waals surface area contributed by atoms with Gasteiger partial charge in [0.2, 0.25) is 0 Å². The van der Waals surface area contributed by atoms with Crippen LogP contribution in [0.15, 0.2) is 139 Å². The molecule has 1 aromatic heterocycles. The molecule has 3 aliphatic rings. The molecular weight excluding hydrogens is 707 g/mol. The van der Waals surface area contributed by atoms with Gasteiger partial charge < -0.3 is 4.90 Å². The van der Waals surface area contributed by atoms with Crippen molar-refractivity contribution in [1.82, 2.24) is 0 Å². The molecule has 57 heavy (non-hydrogen) atoms. The summed E-state index contributed by atoms with van der Waals surface area (Å²) in [6.07, 6.45) is 6.38. The highest BCUT2D eigenvalue weighted by atomic mass is 32.1. The summed E-state index contributed by atoms with van der Waals surface area (Å²) >= 11 is 1.85. The largest absolute Gasteiger partial charge is 0.310 e. The van der Waals surface area contributed by atoms with Crippen molar-refractivity contribution in [1.29, 1.82) is 0 Å². The number of rotatable bonds is 10. The quantitative estimate of drug-likeness (QED) is 0.134. The van der Waals surface area contributed by atoms with E-state index in [2.05, 4.69) is 185 Å². The molecule has 0 saturated carbocycles. The number of nitrogens with zero attached hydrogens (tertiary/aromatic N) is 1. The molecule has 0 unspecified atom stereocenters. The second-order valence-electron chi connectivity index (χ2n) is 16.6. The molecule has 0 spiro atoms. The predicted octanol–water partition coefficient (Wildman–Crippen LogP) is 16.1. The standard InChI is InChI=1S/C55H53NS/c1-7-53(8-2)43-27-20-19-26-40(43)47-50(53)49-42-32-30-39(56(37-22-15-13-16-23-37)38-24-17-14-18-25-38)35-45(42)55(11-5,12-6)52(49)48-41-31-29-36(46-28-21-33-57-46)34-44(41)54(9-3,10-4)51(47)48/h13-35H,7-12H2,1-6H3. The van der Waals surface area contributed by atoms with Crippen molar-refractivity contribution in [3.63, 3.8) is 0 Å². The normalized spacial score (nSPS) is 15.7. The third-order valence-corrected chi connectivity index (χ3v) is 15.9. The topological polar surface area (TPSA) is 3.24 Å². The number of anilines is 3. The maximum Gasteiger partial charge on any atom is 0.0465 e. The first-order valence-electron chi connectivity index (χ1n) is 21.6. The molecule has 7 aromatic rings. The Labute approximate surface area is 344 Å². The minimum Gasteiger partial charge on any atom is -0.310 e. The fourth-order valence-corrected chi connectivity index (χ4v) is 12.8. The Kier molecular flexibility index (Phi) is 8.54. The molecule has 0 N–H and O–H groups in total. The van der Waals surface area contributed by atoms with Crippen molar-refractivity contribution >= 4 is 28.4 Å². The van der Waals surface area contributed by atoms with Crippen LogP contribution in [-0.2, 0) is 16.2 Å². The number of hydrogen-bond donors (Lipinski definition) is 0. The van der Waals surface area contributed by atoms with Crippen molar-refractivity contribution in [3.8, 4) is 43.8 Å². The lowest BCUT2D eigenvalue weighted by atomic mass is 9.65. The maximum atomic E-state index is 2.60. The smallest absolute Gasteiger partial charge is 0.0465 e. The second kappa shape index (κ2) is 13.5. The molecule has 1 heterocycles. The Morgan fingerprint density at radius 3 is 1.37 bits per heavy atom. The van der Waals surface area contributed by atoms with Crippen LogP contribution in [0.1, 0.15) is 113 Å². The molecular formula is C55H53NS. The lowest BCUT2D eigenvalue weighted by Crippen LogP contribution is -2.29. The number of thiophene rings is 1. The average molecular weight is 760 g/mol. The van der Waals surface area contributed by atoms with Gasteiger partial charge in [-0.05, 0) is 165 Å². The van der Waals surface area contributed by atoms with Crippen molar-refractivity contribution in [2.45, 2.75) is 96.3 Å². The second-order valence-corrected chi connectivity index (χ2v) is 17.6. The van der Waals surface area contributed by atoms with Gasteiger partial charge >= 0.3 is 0 Å². The van der Waals surface area contributed by atoms with Gasteiger partial charge in [-0.3, -0.25) is 0 Å².